The number of nitrogens with zero attached hydrogens (tertiary/aromatic N) is 2. The second-order valence-corrected chi connectivity index (χ2v) is 6.71. The molecular weight excluding hydrogens is 272 g/mol. The number of carbonyl (C=O) groups is 1. The summed E-state index contributed by atoms with van der Waals surface area (Å²) in [4.78, 5) is 19.4. The number of Topliss-reactive ketones (excluding diaryl/α,β-unsaturated/α-hetero) is 1. The number of hydrogen-bond acceptors (Lipinski definition) is 3. The van der Waals surface area contributed by atoms with Gasteiger partial charge in [0, 0.05) is 30.8 Å². The number of ketones is 1. The van der Waals surface area contributed by atoms with Crippen LogP contribution in [0.2, 0.25) is 0 Å². The number of carbonyl (C=O) groups excluding carboxylic acids is 1. The van der Waals surface area contributed by atoms with Gasteiger partial charge in [-0.1, -0.05) is 32.0 Å². The normalized spacial score (nSPS) is 18.9. The Kier molecular flexibility index (Phi) is 4.41. The Morgan fingerprint density at radius 1 is 1.27 bits per heavy atom. The van der Waals surface area contributed by atoms with Crippen molar-refractivity contribution in [1.29, 1.82) is 0 Å². The number of hydrogen-bond donors (Lipinski definition) is 0. The second kappa shape index (κ2) is 6.47. The van der Waals surface area contributed by atoms with E-state index < -0.39 is 0 Å². The van der Waals surface area contributed by atoms with E-state index in [-0.39, 0.29) is 5.92 Å². The van der Waals surface area contributed by atoms with Crippen molar-refractivity contribution in [3.05, 3.63) is 36.4 Å². The third-order valence-electron chi connectivity index (χ3n) is 4.39. The summed E-state index contributed by atoms with van der Waals surface area (Å²) in [6.07, 6.45) is 2.79. The molecular formula is C19H24N2O. The highest BCUT2D eigenvalue weighted by Crippen LogP contribution is 2.25. The van der Waals surface area contributed by atoms with Crippen LogP contribution in [0, 0.1) is 11.8 Å². The molecule has 1 aliphatic heterocycles. The molecule has 0 bridgehead atoms. The molecule has 1 saturated heterocycles. The van der Waals surface area contributed by atoms with E-state index in [1.165, 1.54) is 0 Å². The minimum Gasteiger partial charge on any atom is -0.356 e. The van der Waals surface area contributed by atoms with Gasteiger partial charge in [0.15, 0.2) is 0 Å². The highest BCUT2D eigenvalue weighted by molar-refractivity contribution is 5.82. The smallest absolute Gasteiger partial charge is 0.137 e. The Labute approximate surface area is 132 Å². The first-order valence-corrected chi connectivity index (χ1v) is 8.27. The number of benzene rings is 1. The predicted octanol–water partition coefficient (Wildman–Crippen LogP) is 4.07. The number of fused-ring (bicyclic) bond motifs is 1. The van der Waals surface area contributed by atoms with E-state index in [4.69, 9.17) is 4.98 Å². The van der Waals surface area contributed by atoms with Crippen molar-refractivity contribution < 1.29 is 4.79 Å². The van der Waals surface area contributed by atoms with Gasteiger partial charge in [0.25, 0.3) is 0 Å². The van der Waals surface area contributed by atoms with E-state index in [2.05, 4.69) is 36.9 Å². The maximum atomic E-state index is 12.4. The van der Waals surface area contributed by atoms with Crippen LogP contribution in [0.4, 0.5) is 5.82 Å². The van der Waals surface area contributed by atoms with Crippen LogP contribution in [0.1, 0.15) is 33.1 Å². The maximum absolute atomic E-state index is 12.4. The van der Waals surface area contributed by atoms with Crippen LogP contribution in [0.3, 0.4) is 0 Å². The number of pyridine rings is 1. The summed E-state index contributed by atoms with van der Waals surface area (Å²) in [5.41, 5.74) is 1.02. The van der Waals surface area contributed by atoms with Crippen molar-refractivity contribution in [3.8, 4) is 0 Å². The van der Waals surface area contributed by atoms with Crippen LogP contribution >= 0.6 is 0 Å². The van der Waals surface area contributed by atoms with Crippen molar-refractivity contribution in [3.63, 3.8) is 0 Å². The van der Waals surface area contributed by atoms with Gasteiger partial charge in [-0.15, -0.1) is 0 Å². The third kappa shape index (κ3) is 3.29. The quantitative estimate of drug-likeness (QED) is 0.853. The first-order valence-electron chi connectivity index (χ1n) is 8.27. The average Bonchev–Trinajstić information content (AvgIpc) is 2.54. The molecule has 1 unspecified atom stereocenters. The molecule has 3 heteroatoms. The van der Waals surface area contributed by atoms with Gasteiger partial charge < -0.3 is 4.90 Å². The molecule has 1 atom stereocenters. The van der Waals surface area contributed by atoms with Crippen molar-refractivity contribution >= 4 is 22.5 Å². The monoisotopic (exact) mass is 296 g/mol. The first kappa shape index (κ1) is 15.0. The predicted molar refractivity (Wildman–Crippen MR) is 91.1 cm³/mol. The number of piperidine rings is 1. The van der Waals surface area contributed by atoms with Crippen LogP contribution in [-0.2, 0) is 4.79 Å². The molecule has 0 radical (unpaired) electrons. The molecule has 1 aromatic heterocycles. The summed E-state index contributed by atoms with van der Waals surface area (Å²) in [7, 11) is 0. The van der Waals surface area contributed by atoms with Gasteiger partial charge in [0.2, 0.25) is 0 Å². The average molecular weight is 296 g/mol. The van der Waals surface area contributed by atoms with Crippen molar-refractivity contribution in [1.82, 2.24) is 4.98 Å². The van der Waals surface area contributed by atoms with Crippen LogP contribution in [-0.4, -0.2) is 23.9 Å². The Balaban J connectivity index is 1.76. The molecule has 3 rings (SSSR count). The Bertz CT molecular complexity index is 665. The van der Waals surface area contributed by atoms with E-state index >= 15 is 0 Å². The van der Waals surface area contributed by atoms with Crippen molar-refractivity contribution in [2.45, 2.75) is 33.1 Å². The lowest BCUT2D eigenvalue weighted by molar-refractivity contribution is -0.123. The number of para-hydroxylation sites is 1. The molecule has 116 valence electrons. The van der Waals surface area contributed by atoms with E-state index in [1.807, 2.05) is 18.2 Å². The molecule has 0 N–H and O–H groups in total. The zero-order chi connectivity index (χ0) is 15.5. The molecule has 1 aromatic carbocycles. The van der Waals surface area contributed by atoms with E-state index in [0.29, 0.717) is 18.1 Å². The fourth-order valence-corrected chi connectivity index (χ4v) is 3.25. The lowest BCUT2D eigenvalue weighted by Gasteiger charge is -2.33. The summed E-state index contributed by atoms with van der Waals surface area (Å²) >= 11 is 0. The highest BCUT2D eigenvalue weighted by atomic mass is 16.1. The molecule has 0 saturated carbocycles. The van der Waals surface area contributed by atoms with Crippen molar-refractivity contribution in [2.75, 3.05) is 18.0 Å². The lowest BCUT2D eigenvalue weighted by atomic mass is 9.89. The SMILES string of the molecule is CC(C)CC(=O)C1CCCN(c2ccc3ccccc3n2)C1. The molecule has 0 aliphatic carbocycles. The van der Waals surface area contributed by atoms with Crippen LogP contribution in [0.15, 0.2) is 36.4 Å². The van der Waals surface area contributed by atoms with Crippen LogP contribution in [0.25, 0.3) is 10.9 Å². The van der Waals surface area contributed by atoms with Gasteiger partial charge in [-0.05, 0) is 37.0 Å². The Morgan fingerprint density at radius 3 is 2.91 bits per heavy atom. The van der Waals surface area contributed by atoms with E-state index in [0.717, 1.165) is 42.7 Å². The van der Waals surface area contributed by atoms with Crippen LogP contribution < -0.4 is 4.90 Å². The zero-order valence-electron chi connectivity index (χ0n) is 13.5. The van der Waals surface area contributed by atoms with Gasteiger partial charge in [0.05, 0.1) is 5.52 Å². The molecule has 1 fully saturated rings. The third-order valence-corrected chi connectivity index (χ3v) is 4.39. The zero-order valence-corrected chi connectivity index (χ0v) is 13.5. The Morgan fingerprint density at radius 2 is 2.09 bits per heavy atom. The summed E-state index contributed by atoms with van der Waals surface area (Å²) in [6.45, 7) is 6.04. The molecule has 2 aromatic rings. The minimum absolute atomic E-state index is 0.171. The molecule has 3 nitrogen and oxygen atoms in total. The summed E-state index contributed by atoms with van der Waals surface area (Å²) in [6, 6.07) is 12.4. The Hall–Kier alpha value is -1.90. The van der Waals surface area contributed by atoms with Crippen molar-refractivity contribution in [2.24, 2.45) is 11.8 Å². The molecule has 1 aliphatic rings. The standard InChI is InChI=1S/C19H24N2O/c1-14(2)12-18(22)16-7-5-11-21(13-16)19-10-9-15-6-3-4-8-17(15)20-19/h3-4,6,8-10,14,16H,5,7,11-13H2,1-2H3. The molecule has 0 spiro atoms. The maximum Gasteiger partial charge on any atom is 0.137 e. The fourth-order valence-electron chi connectivity index (χ4n) is 3.25. The second-order valence-electron chi connectivity index (χ2n) is 6.71. The topological polar surface area (TPSA) is 33.2 Å². The first-order chi connectivity index (χ1) is 10.6. The highest BCUT2D eigenvalue weighted by Gasteiger charge is 2.26. The van der Waals surface area contributed by atoms with Gasteiger partial charge >= 0.3 is 0 Å². The minimum atomic E-state index is 0.171. The lowest BCUT2D eigenvalue weighted by Crippen LogP contribution is -2.39. The fraction of sp³-hybridized carbons (Fsp3) is 0.474. The summed E-state index contributed by atoms with van der Waals surface area (Å²) in [5, 5.41) is 1.16. The van der Waals surface area contributed by atoms with Gasteiger partial charge in [-0.3, -0.25) is 4.79 Å². The number of rotatable bonds is 4. The number of anilines is 1. The largest absolute Gasteiger partial charge is 0.356 e. The summed E-state index contributed by atoms with van der Waals surface area (Å²) < 4.78 is 0. The van der Waals surface area contributed by atoms with Crippen LogP contribution in [0.5, 0.6) is 0 Å². The molecule has 22 heavy (non-hydrogen) atoms. The summed E-state index contributed by atoms with van der Waals surface area (Å²) in [5.74, 6) is 2.03. The van der Waals surface area contributed by atoms with Gasteiger partial charge in [-0.25, -0.2) is 4.98 Å². The molecule has 2 heterocycles. The van der Waals surface area contributed by atoms with Gasteiger partial charge in [-0.2, -0.15) is 0 Å². The van der Waals surface area contributed by atoms with E-state index in [1.54, 1.807) is 0 Å². The van der Waals surface area contributed by atoms with Gasteiger partial charge in [0.1, 0.15) is 11.6 Å². The van der Waals surface area contributed by atoms with E-state index in [9.17, 15) is 4.79 Å². The molecule has 0 amide bonds. The number of aromatic nitrogens is 1.